The van der Waals surface area contributed by atoms with E-state index in [1.807, 2.05) is 30.3 Å². The van der Waals surface area contributed by atoms with Crippen molar-refractivity contribution >= 4 is 17.5 Å². The van der Waals surface area contributed by atoms with Crippen molar-refractivity contribution in [2.45, 2.75) is 32.3 Å². The van der Waals surface area contributed by atoms with Crippen LogP contribution in [-0.4, -0.2) is 26.2 Å². The van der Waals surface area contributed by atoms with Gasteiger partial charge in [-0.25, -0.2) is 0 Å². The number of carbonyl (C=O) groups excluding carboxylic acids is 1. The molecule has 0 bridgehead atoms. The summed E-state index contributed by atoms with van der Waals surface area (Å²) in [6.07, 6.45) is 1.08. The normalized spacial score (nSPS) is 22.1. The average Bonchev–Trinajstić information content (AvgIpc) is 2.72. The lowest BCUT2D eigenvalue weighted by molar-refractivity contribution is -0.122. The van der Waals surface area contributed by atoms with Crippen LogP contribution in [0.15, 0.2) is 48.5 Å². The first kappa shape index (κ1) is 20.7. The van der Waals surface area contributed by atoms with Crippen LogP contribution in [-0.2, 0) is 9.53 Å². The van der Waals surface area contributed by atoms with Crippen LogP contribution in [0.1, 0.15) is 43.4 Å². The zero-order chi connectivity index (χ0) is 20.1. The number of benzene rings is 2. The van der Waals surface area contributed by atoms with Gasteiger partial charge in [0.1, 0.15) is 5.75 Å². The lowest BCUT2D eigenvalue weighted by atomic mass is 9.76. The lowest BCUT2D eigenvalue weighted by Gasteiger charge is -2.39. The van der Waals surface area contributed by atoms with Crippen LogP contribution in [0.25, 0.3) is 0 Å². The van der Waals surface area contributed by atoms with Gasteiger partial charge in [-0.2, -0.15) is 0 Å². The first-order chi connectivity index (χ1) is 13.5. The Balaban J connectivity index is 1.75. The third kappa shape index (κ3) is 5.06. The van der Waals surface area contributed by atoms with Crippen LogP contribution in [0.3, 0.4) is 0 Å². The first-order valence-corrected chi connectivity index (χ1v) is 10.2. The van der Waals surface area contributed by atoms with Crippen molar-refractivity contribution in [1.82, 2.24) is 5.32 Å². The maximum atomic E-state index is 11.4. The minimum atomic E-state index is -0.148. The fourth-order valence-corrected chi connectivity index (χ4v) is 3.92. The van der Waals surface area contributed by atoms with E-state index in [2.05, 4.69) is 37.4 Å². The van der Waals surface area contributed by atoms with Crippen LogP contribution in [0.2, 0.25) is 5.02 Å². The van der Waals surface area contributed by atoms with E-state index in [1.54, 1.807) is 7.05 Å². The largest absolute Gasteiger partial charge is 0.484 e. The fraction of sp³-hybridized carbons (Fsp3) is 0.435. The highest BCUT2D eigenvalue weighted by Crippen LogP contribution is 2.44. The minimum absolute atomic E-state index is 0.0116. The zero-order valence-corrected chi connectivity index (χ0v) is 17.4. The third-order valence-electron chi connectivity index (χ3n) is 5.46. The number of likely N-dealkylation sites (N-methyl/N-ethyl adjacent to an activating group) is 1. The Kier molecular flexibility index (Phi) is 6.97. The lowest BCUT2D eigenvalue weighted by Crippen LogP contribution is -2.31. The predicted molar refractivity (Wildman–Crippen MR) is 112 cm³/mol. The molecule has 0 saturated carbocycles. The Hall–Kier alpha value is -2.04. The first-order valence-electron chi connectivity index (χ1n) is 9.78. The number of nitrogens with one attached hydrogen (secondary N) is 1. The van der Waals surface area contributed by atoms with Crippen molar-refractivity contribution in [3.8, 4) is 5.75 Å². The highest BCUT2D eigenvalue weighted by Gasteiger charge is 2.35. The second-order valence-electron chi connectivity index (χ2n) is 7.68. The summed E-state index contributed by atoms with van der Waals surface area (Å²) >= 11 is 6.03. The maximum absolute atomic E-state index is 11.4. The topological polar surface area (TPSA) is 47.6 Å². The Labute approximate surface area is 172 Å². The molecule has 0 aliphatic carbocycles. The van der Waals surface area contributed by atoms with Crippen LogP contribution < -0.4 is 10.1 Å². The molecule has 1 saturated heterocycles. The number of hydrogen-bond donors (Lipinski definition) is 1. The highest BCUT2D eigenvalue weighted by atomic mass is 35.5. The van der Waals surface area contributed by atoms with Crippen molar-refractivity contribution in [3.63, 3.8) is 0 Å². The molecule has 1 aliphatic heterocycles. The molecule has 4 nitrogen and oxygen atoms in total. The van der Waals surface area contributed by atoms with Gasteiger partial charge in [0.2, 0.25) is 0 Å². The van der Waals surface area contributed by atoms with Gasteiger partial charge in [0, 0.05) is 18.0 Å². The molecular weight excluding hydrogens is 374 g/mol. The summed E-state index contributed by atoms with van der Waals surface area (Å²) in [5.74, 6) is 1.78. The van der Waals surface area contributed by atoms with Crippen LogP contribution in [0.5, 0.6) is 5.75 Å². The van der Waals surface area contributed by atoms with Crippen molar-refractivity contribution < 1.29 is 14.3 Å². The summed E-state index contributed by atoms with van der Waals surface area (Å²) in [5.41, 5.74) is 2.37. The Morgan fingerprint density at radius 1 is 1.21 bits per heavy atom. The molecule has 2 aromatic rings. The Morgan fingerprint density at radius 2 is 1.96 bits per heavy atom. The number of carbonyl (C=O) groups is 1. The van der Waals surface area contributed by atoms with Gasteiger partial charge in [0.15, 0.2) is 6.61 Å². The number of hydrogen-bond acceptors (Lipinski definition) is 3. The van der Waals surface area contributed by atoms with Gasteiger partial charge in [0.25, 0.3) is 5.91 Å². The van der Waals surface area contributed by atoms with Gasteiger partial charge in [0.05, 0.1) is 12.7 Å². The molecule has 1 amide bonds. The van der Waals surface area contributed by atoms with Gasteiger partial charge in [-0.3, -0.25) is 4.79 Å². The summed E-state index contributed by atoms with van der Waals surface area (Å²) in [6.45, 7) is 5.19. The van der Waals surface area contributed by atoms with E-state index in [0.717, 1.165) is 17.0 Å². The molecule has 2 aromatic carbocycles. The number of rotatable bonds is 6. The molecular formula is C23H28ClNO3. The highest BCUT2D eigenvalue weighted by molar-refractivity contribution is 6.30. The van der Waals surface area contributed by atoms with Gasteiger partial charge < -0.3 is 14.8 Å². The van der Waals surface area contributed by atoms with E-state index >= 15 is 0 Å². The molecule has 3 atom stereocenters. The number of halogens is 1. The van der Waals surface area contributed by atoms with Crippen LogP contribution in [0, 0.1) is 11.8 Å². The molecule has 1 heterocycles. The Bertz CT molecular complexity index is 791. The molecule has 1 N–H and O–H groups in total. The van der Waals surface area contributed by atoms with Crippen molar-refractivity contribution in [1.29, 1.82) is 0 Å². The molecule has 3 rings (SSSR count). The molecule has 0 radical (unpaired) electrons. The van der Waals surface area contributed by atoms with Gasteiger partial charge in [-0.1, -0.05) is 49.7 Å². The fourth-order valence-electron chi connectivity index (χ4n) is 3.80. The number of ether oxygens (including phenoxy) is 2. The molecule has 1 fully saturated rings. The molecule has 0 unspecified atom stereocenters. The molecule has 150 valence electrons. The third-order valence-corrected chi connectivity index (χ3v) is 5.71. The standard InChI is InChI=1S/C23H28ClNO3/c1-15(2)21-12-18(16-7-9-19(24)10-8-16)13-28-23(21)17-5-4-6-20(11-17)27-14-22(26)25-3/h4-11,15,18,21,23H,12-14H2,1-3H3,(H,25,26)/t18-,21-,23-/m0/s1. The van der Waals surface area contributed by atoms with Crippen LogP contribution in [0.4, 0.5) is 0 Å². The molecule has 0 spiro atoms. The van der Waals surface area contributed by atoms with E-state index in [1.165, 1.54) is 5.56 Å². The quantitative estimate of drug-likeness (QED) is 0.742. The van der Waals surface area contributed by atoms with E-state index in [0.29, 0.717) is 30.1 Å². The predicted octanol–water partition coefficient (Wildman–Crippen LogP) is 4.98. The summed E-state index contributed by atoms with van der Waals surface area (Å²) in [5, 5.41) is 3.32. The smallest absolute Gasteiger partial charge is 0.257 e. The second-order valence-corrected chi connectivity index (χ2v) is 8.12. The molecule has 5 heteroatoms. The number of amides is 1. The van der Waals surface area contributed by atoms with E-state index < -0.39 is 0 Å². The van der Waals surface area contributed by atoms with Gasteiger partial charge in [-0.05, 0) is 53.6 Å². The van der Waals surface area contributed by atoms with Crippen molar-refractivity contribution in [2.75, 3.05) is 20.3 Å². The average molecular weight is 402 g/mol. The van der Waals surface area contributed by atoms with Crippen molar-refractivity contribution in [3.05, 3.63) is 64.7 Å². The monoisotopic (exact) mass is 401 g/mol. The van der Waals surface area contributed by atoms with Crippen molar-refractivity contribution in [2.24, 2.45) is 11.8 Å². The van der Waals surface area contributed by atoms with E-state index in [-0.39, 0.29) is 18.6 Å². The van der Waals surface area contributed by atoms with Gasteiger partial charge >= 0.3 is 0 Å². The molecule has 0 aromatic heterocycles. The van der Waals surface area contributed by atoms with E-state index in [4.69, 9.17) is 21.1 Å². The summed E-state index contributed by atoms with van der Waals surface area (Å²) in [7, 11) is 1.60. The zero-order valence-electron chi connectivity index (χ0n) is 16.7. The molecule has 1 aliphatic rings. The second kappa shape index (κ2) is 9.44. The molecule has 28 heavy (non-hydrogen) atoms. The summed E-state index contributed by atoms with van der Waals surface area (Å²) in [4.78, 5) is 11.4. The SMILES string of the molecule is CNC(=O)COc1cccc([C@@H]2OC[C@@H](c3ccc(Cl)cc3)C[C@H]2C(C)C)c1. The van der Waals surface area contributed by atoms with E-state index in [9.17, 15) is 4.79 Å². The minimum Gasteiger partial charge on any atom is -0.484 e. The van der Waals surface area contributed by atoms with Crippen LogP contribution >= 0.6 is 11.6 Å². The summed E-state index contributed by atoms with van der Waals surface area (Å²) in [6, 6.07) is 16.0. The summed E-state index contributed by atoms with van der Waals surface area (Å²) < 4.78 is 12.0. The van der Waals surface area contributed by atoms with Gasteiger partial charge in [-0.15, -0.1) is 0 Å². The Morgan fingerprint density at radius 3 is 2.64 bits per heavy atom. The maximum Gasteiger partial charge on any atom is 0.257 e.